The number of nitrogens with zero attached hydrogens (tertiary/aromatic N) is 1. The van der Waals surface area contributed by atoms with Gasteiger partial charge in [-0.25, -0.2) is 4.79 Å². The fraction of sp³-hybridized carbons (Fsp3) is 0.0909. The highest BCUT2D eigenvalue weighted by Crippen LogP contribution is 2.25. The molecule has 0 unspecified atom stereocenters. The zero-order valence-corrected chi connectivity index (χ0v) is 8.06. The third-order valence-electron chi connectivity index (χ3n) is 2.14. The van der Waals surface area contributed by atoms with Gasteiger partial charge in [-0.15, -0.1) is 0 Å². The molecule has 0 atom stereocenters. The van der Waals surface area contributed by atoms with Gasteiger partial charge in [0.2, 0.25) is 0 Å². The number of benzene rings is 1. The lowest BCUT2D eigenvalue weighted by molar-refractivity contribution is 0.0603. The van der Waals surface area contributed by atoms with E-state index in [0.717, 1.165) is 0 Å². The summed E-state index contributed by atoms with van der Waals surface area (Å²) in [5.74, 6) is -0.635. The number of methoxy groups -OCH3 is 1. The minimum absolute atomic E-state index is 0.147. The molecule has 2 aromatic rings. The Bertz CT molecular complexity index is 522. The number of carbonyl (C=O) groups excluding carboxylic acids is 1. The molecular weight excluding hydrogens is 194 g/mol. The van der Waals surface area contributed by atoms with Crippen molar-refractivity contribution < 1.29 is 14.6 Å². The van der Waals surface area contributed by atoms with E-state index >= 15 is 0 Å². The molecule has 0 bridgehead atoms. The predicted molar refractivity (Wildman–Crippen MR) is 53.2 cm³/mol. The molecule has 0 amide bonds. The first kappa shape index (κ1) is 9.45. The van der Waals surface area contributed by atoms with Gasteiger partial charge in [0.05, 0.1) is 18.2 Å². The molecule has 2 rings (SSSR count). The molecule has 1 aromatic carbocycles. The van der Waals surface area contributed by atoms with Crippen molar-refractivity contribution in [3.05, 3.63) is 36.0 Å². The second kappa shape index (κ2) is 3.57. The number of carbonyl (C=O) groups is 1. The number of para-hydroxylation sites is 1. The van der Waals surface area contributed by atoms with Crippen LogP contribution in [0.5, 0.6) is 5.75 Å². The fourth-order valence-electron chi connectivity index (χ4n) is 1.43. The summed E-state index contributed by atoms with van der Waals surface area (Å²) in [5, 5.41) is 11.9. The molecule has 0 spiro atoms. The van der Waals surface area contributed by atoms with E-state index in [0.29, 0.717) is 16.5 Å². The molecule has 15 heavy (non-hydrogen) atoms. The number of rotatable bonds is 1. The van der Waals surface area contributed by atoms with Gasteiger partial charge in [0, 0.05) is 17.6 Å². The summed E-state index contributed by atoms with van der Waals surface area (Å²) in [5.41, 5.74) is 0.699. The van der Waals surface area contributed by atoms with Gasteiger partial charge in [-0.1, -0.05) is 6.07 Å². The highest BCUT2D eigenvalue weighted by molar-refractivity contribution is 6.03. The van der Waals surface area contributed by atoms with E-state index in [2.05, 4.69) is 9.72 Å². The minimum Gasteiger partial charge on any atom is -0.465 e. The number of hydrogen-bond acceptors (Lipinski definition) is 3. The Morgan fingerprint density at radius 1 is 1.33 bits per heavy atom. The molecule has 0 saturated carbocycles. The van der Waals surface area contributed by atoms with Crippen molar-refractivity contribution in [2.24, 2.45) is 0 Å². The molecule has 0 saturated heterocycles. The second-order valence-electron chi connectivity index (χ2n) is 3.00. The maximum atomic E-state index is 11.4. The van der Waals surface area contributed by atoms with E-state index in [1.165, 1.54) is 19.4 Å². The Morgan fingerprint density at radius 2 is 2.13 bits per heavy atom. The summed E-state index contributed by atoms with van der Waals surface area (Å²) >= 11 is 0. The van der Waals surface area contributed by atoms with E-state index in [1.54, 1.807) is 18.2 Å². The lowest BCUT2D eigenvalue weighted by atomic mass is 10.1. The zero-order chi connectivity index (χ0) is 10.8. The van der Waals surface area contributed by atoms with Gasteiger partial charge in [-0.2, -0.15) is 0 Å². The van der Waals surface area contributed by atoms with E-state index in [1.807, 2.05) is 0 Å². The van der Waals surface area contributed by atoms with Gasteiger partial charge < -0.3 is 4.74 Å². The van der Waals surface area contributed by atoms with Crippen molar-refractivity contribution in [2.45, 2.75) is 0 Å². The van der Waals surface area contributed by atoms with Crippen LogP contribution in [0, 0.1) is 0 Å². The Morgan fingerprint density at radius 3 is 2.87 bits per heavy atom. The number of ether oxygens (including phenoxy) is 1. The van der Waals surface area contributed by atoms with Crippen LogP contribution in [0.15, 0.2) is 30.5 Å². The number of aromatic nitrogens is 1. The molecule has 0 fully saturated rings. The number of esters is 1. The van der Waals surface area contributed by atoms with Crippen molar-refractivity contribution in [2.75, 3.05) is 7.11 Å². The summed E-state index contributed by atoms with van der Waals surface area (Å²) in [4.78, 5) is 15.4. The SMILES string of the molecule is COC(=O)c1cccc2c([O])ccnc12. The molecule has 0 aliphatic rings. The predicted octanol–water partition coefficient (Wildman–Crippen LogP) is 2.17. The molecule has 0 aliphatic heterocycles. The average molecular weight is 202 g/mol. The van der Waals surface area contributed by atoms with Crippen LogP contribution in [0.4, 0.5) is 0 Å². The van der Waals surface area contributed by atoms with Crippen molar-refractivity contribution in [3.63, 3.8) is 0 Å². The topological polar surface area (TPSA) is 59.1 Å². The molecule has 1 aromatic heterocycles. The molecular formula is C11H8NO3. The van der Waals surface area contributed by atoms with Crippen molar-refractivity contribution >= 4 is 16.9 Å². The van der Waals surface area contributed by atoms with Crippen LogP contribution in [0.3, 0.4) is 0 Å². The summed E-state index contributed by atoms with van der Waals surface area (Å²) in [7, 11) is 1.29. The van der Waals surface area contributed by atoms with Crippen LogP contribution in [0.1, 0.15) is 10.4 Å². The first-order chi connectivity index (χ1) is 7.24. The lowest BCUT2D eigenvalue weighted by Crippen LogP contribution is -2.02. The second-order valence-corrected chi connectivity index (χ2v) is 3.00. The van der Waals surface area contributed by atoms with Crippen molar-refractivity contribution in [1.82, 2.24) is 4.98 Å². The third kappa shape index (κ3) is 1.50. The lowest BCUT2D eigenvalue weighted by Gasteiger charge is -2.03. The largest absolute Gasteiger partial charge is 0.465 e. The monoisotopic (exact) mass is 202 g/mol. The van der Waals surface area contributed by atoms with Gasteiger partial charge in [0.25, 0.3) is 0 Å². The summed E-state index contributed by atoms with van der Waals surface area (Å²) < 4.78 is 4.60. The Hall–Kier alpha value is -2.10. The fourth-order valence-corrected chi connectivity index (χ4v) is 1.43. The molecule has 0 N–H and O–H groups in total. The van der Waals surface area contributed by atoms with E-state index < -0.39 is 5.97 Å². The van der Waals surface area contributed by atoms with Gasteiger partial charge >= 0.3 is 5.97 Å². The minimum atomic E-state index is -0.487. The first-order valence-corrected chi connectivity index (χ1v) is 4.37. The van der Waals surface area contributed by atoms with Crippen LogP contribution in [0.2, 0.25) is 0 Å². The van der Waals surface area contributed by atoms with Crippen molar-refractivity contribution in [1.29, 1.82) is 0 Å². The molecule has 4 heteroatoms. The van der Waals surface area contributed by atoms with Crippen LogP contribution >= 0.6 is 0 Å². The average Bonchev–Trinajstić information content (AvgIpc) is 2.28. The molecule has 1 heterocycles. The highest BCUT2D eigenvalue weighted by atomic mass is 16.5. The Balaban J connectivity index is 2.77. The highest BCUT2D eigenvalue weighted by Gasteiger charge is 2.12. The smallest absolute Gasteiger partial charge is 0.340 e. The number of pyridine rings is 1. The summed E-state index contributed by atoms with van der Waals surface area (Å²) in [6.07, 6.45) is 1.39. The Labute approximate surface area is 86.1 Å². The van der Waals surface area contributed by atoms with Crippen LogP contribution in [-0.4, -0.2) is 18.1 Å². The normalized spacial score (nSPS) is 10.2. The Kier molecular flexibility index (Phi) is 2.25. The number of fused-ring (bicyclic) bond motifs is 1. The molecule has 1 radical (unpaired) electrons. The van der Waals surface area contributed by atoms with Gasteiger partial charge in [0.15, 0.2) is 5.75 Å². The van der Waals surface area contributed by atoms with Crippen LogP contribution in [0.25, 0.3) is 10.9 Å². The first-order valence-electron chi connectivity index (χ1n) is 4.37. The third-order valence-corrected chi connectivity index (χ3v) is 2.14. The van der Waals surface area contributed by atoms with E-state index in [-0.39, 0.29) is 5.75 Å². The van der Waals surface area contributed by atoms with Crippen LogP contribution < -0.4 is 0 Å². The maximum Gasteiger partial charge on any atom is 0.340 e. The standard InChI is InChI=1S/C11H8NO3/c1-15-11(14)8-4-2-3-7-9(13)5-6-12-10(7)8/h2-6H,1H3. The molecule has 4 nitrogen and oxygen atoms in total. The molecule has 75 valence electrons. The summed E-state index contributed by atoms with van der Waals surface area (Å²) in [6, 6.07) is 6.22. The van der Waals surface area contributed by atoms with Crippen LogP contribution in [-0.2, 0) is 9.84 Å². The molecule has 0 aliphatic carbocycles. The van der Waals surface area contributed by atoms with E-state index in [4.69, 9.17) is 0 Å². The maximum absolute atomic E-state index is 11.4. The van der Waals surface area contributed by atoms with Gasteiger partial charge in [-0.3, -0.25) is 10.1 Å². The summed E-state index contributed by atoms with van der Waals surface area (Å²) in [6.45, 7) is 0. The van der Waals surface area contributed by atoms with E-state index in [9.17, 15) is 9.90 Å². The zero-order valence-electron chi connectivity index (χ0n) is 8.06. The van der Waals surface area contributed by atoms with Crippen molar-refractivity contribution in [3.8, 4) is 5.75 Å². The quantitative estimate of drug-likeness (QED) is 0.666. The van der Waals surface area contributed by atoms with Gasteiger partial charge in [-0.05, 0) is 12.1 Å². The van der Waals surface area contributed by atoms with Gasteiger partial charge in [0.1, 0.15) is 0 Å². The number of hydrogen-bond donors (Lipinski definition) is 0.